The van der Waals surface area contributed by atoms with Gasteiger partial charge in [-0.3, -0.25) is 4.79 Å². The third-order valence-electron chi connectivity index (χ3n) is 7.81. The predicted molar refractivity (Wildman–Crippen MR) is 147 cm³/mol. The molecule has 0 radical (unpaired) electrons. The van der Waals surface area contributed by atoms with Crippen molar-refractivity contribution in [3.8, 4) is 5.75 Å². The molecule has 6 nitrogen and oxygen atoms in total. The first-order valence-electron chi connectivity index (χ1n) is 14.0. The molecular formula is C32H42O6. The zero-order valence-electron chi connectivity index (χ0n) is 22.5. The van der Waals surface area contributed by atoms with Gasteiger partial charge in [0.15, 0.2) is 6.29 Å². The van der Waals surface area contributed by atoms with Gasteiger partial charge in [0, 0.05) is 19.6 Å². The highest BCUT2D eigenvalue weighted by molar-refractivity contribution is 5.69. The number of carbonyl (C=O) groups is 1. The molecule has 0 aromatic heterocycles. The van der Waals surface area contributed by atoms with Gasteiger partial charge in [-0.15, -0.1) is 0 Å². The van der Waals surface area contributed by atoms with Crippen LogP contribution in [0.2, 0.25) is 0 Å². The molecule has 1 aliphatic carbocycles. The van der Waals surface area contributed by atoms with Crippen molar-refractivity contribution >= 4 is 5.97 Å². The van der Waals surface area contributed by atoms with Crippen LogP contribution in [-0.4, -0.2) is 43.8 Å². The summed E-state index contributed by atoms with van der Waals surface area (Å²) in [5.74, 6) is 1.09. The molecule has 1 saturated carbocycles. The molecule has 1 heterocycles. The highest BCUT2D eigenvalue weighted by Gasteiger charge is 2.45. The molecule has 1 saturated heterocycles. The molecule has 206 valence electrons. The Balaban J connectivity index is 1.32. The molecule has 1 aliphatic heterocycles. The van der Waals surface area contributed by atoms with E-state index in [-0.39, 0.29) is 42.7 Å². The van der Waals surface area contributed by atoms with Crippen LogP contribution in [-0.2, 0) is 25.6 Å². The van der Waals surface area contributed by atoms with Gasteiger partial charge in [-0.05, 0) is 79.9 Å². The van der Waals surface area contributed by atoms with Crippen LogP contribution in [0.15, 0.2) is 66.7 Å². The number of benzene rings is 2. The molecule has 0 amide bonds. The number of hydrogen-bond donors (Lipinski definition) is 1. The fourth-order valence-electron chi connectivity index (χ4n) is 5.81. The maximum atomic E-state index is 12.1. The summed E-state index contributed by atoms with van der Waals surface area (Å²) >= 11 is 0. The Morgan fingerprint density at radius 1 is 1.05 bits per heavy atom. The Hall–Kier alpha value is -2.67. The van der Waals surface area contributed by atoms with E-state index < -0.39 is 0 Å². The third kappa shape index (κ3) is 7.92. The monoisotopic (exact) mass is 522 g/mol. The molecule has 2 fully saturated rings. The van der Waals surface area contributed by atoms with E-state index in [0.29, 0.717) is 13.0 Å². The van der Waals surface area contributed by atoms with E-state index in [0.717, 1.165) is 68.4 Å². The summed E-state index contributed by atoms with van der Waals surface area (Å²) in [6, 6.07) is 17.8. The number of para-hydroxylation sites is 1. The Labute approximate surface area is 226 Å². The first-order chi connectivity index (χ1) is 18.7. The smallest absolute Gasteiger partial charge is 0.306 e. The van der Waals surface area contributed by atoms with Gasteiger partial charge in [0.2, 0.25) is 0 Å². The number of carbonyl (C=O) groups excluding carboxylic acids is 1. The first kappa shape index (κ1) is 28.3. The van der Waals surface area contributed by atoms with Crippen LogP contribution < -0.4 is 4.74 Å². The van der Waals surface area contributed by atoms with E-state index in [1.54, 1.807) is 7.11 Å². The summed E-state index contributed by atoms with van der Waals surface area (Å²) in [5, 5.41) is 10.5. The summed E-state index contributed by atoms with van der Waals surface area (Å²) < 4.78 is 23.5. The minimum Gasteiger partial charge on any atom is -0.496 e. The third-order valence-corrected chi connectivity index (χ3v) is 7.81. The van der Waals surface area contributed by atoms with Crippen molar-refractivity contribution in [2.24, 2.45) is 11.8 Å². The number of methoxy groups -OCH3 is 1. The molecule has 0 spiro atoms. The van der Waals surface area contributed by atoms with Crippen molar-refractivity contribution in [2.75, 3.05) is 20.3 Å². The second kappa shape index (κ2) is 15.1. The average Bonchev–Trinajstić information content (AvgIpc) is 3.31. The Morgan fingerprint density at radius 2 is 1.87 bits per heavy atom. The van der Waals surface area contributed by atoms with E-state index in [2.05, 4.69) is 18.2 Å². The lowest BCUT2D eigenvalue weighted by atomic mass is 9.83. The van der Waals surface area contributed by atoms with Gasteiger partial charge >= 0.3 is 5.97 Å². The molecule has 38 heavy (non-hydrogen) atoms. The minimum atomic E-state index is -0.169. The number of unbranched alkanes of at least 4 members (excludes halogenated alkanes) is 1. The van der Waals surface area contributed by atoms with Crippen molar-refractivity contribution in [3.63, 3.8) is 0 Å². The predicted octanol–water partition coefficient (Wildman–Crippen LogP) is 6.18. The molecule has 0 bridgehead atoms. The summed E-state index contributed by atoms with van der Waals surface area (Å²) in [7, 11) is 1.70. The zero-order chi connectivity index (χ0) is 26.6. The highest BCUT2D eigenvalue weighted by atomic mass is 16.7. The Bertz CT molecular complexity index is 1000. The van der Waals surface area contributed by atoms with Crippen LogP contribution in [0.1, 0.15) is 68.4 Å². The molecule has 6 heteroatoms. The molecule has 4 rings (SSSR count). The van der Waals surface area contributed by atoms with Crippen molar-refractivity contribution in [1.82, 2.24) is 0 Å². The Kier molecular flexibility index (Phi) is 11.2. The second-order valence-corrected chi connectivity index (χ2v) is 10.3. The molecule has 2 aliphatic rings. The SMILES string of the molecule is COc1ccccc1[C@H]1C[C@H](OC2CCCCO2)[C@@H](C/C=C\CCCC(=O)OCc2ccccc2)[C@H]1CO. The largest absolute Gasteiger partial charge is 0.496 e. The lowest BCUT2D eigenvalue weighted by molar-refractivity contribution is -0.195. The van der Waals surface area contributed by atoms with Crippen LogP contribution >= 0.6 is 0 Å². The molecule has 2 aromatic carbocycles. The van der Waals surface area contributed by atoms with E-state index in [1.807, 2.05) is 48.5 Å². The maximum Gasteiger partial charge on any atom is 0.306 e. The number of aliphatic hydroxyl groups excluding tert-OH is 1. The maximum absolute atomic E-state index is 12.1. The summed E-state index contributed by atoms with van der Waals surface area (Å²) in [5.41, 5.74) is 2.13. The van der Waals surface area contributed by atoms with Crippen molar-refractivity contribution < 1.29 is 28.8 Å². The second-order valence-electron chi connectivity index (χ2n) is 10.3. The van der Waals surface area contributed by atoms with Crippen LogP contribution in [0.4, 0.5) is 0 Å². The molecule has 5 atom stereocenters. The molecule has 1 unspecified atom stereocenters. The summed E-state index contributed by atoms with van der Waals surface area (Å²) in [6.07, 6.45) is 10.9. The van der Waals surface area contributed by atoms with Gasteiger partial charge < -0.3 is 24.1 Å². The molecule has 2 aromatic rings. The normalized spacial score (nSPS) is 25.5. The highest BCUT2D eigenvalue weighted by Crippen LogP contribution is 2.49. The van der Waals surface area contributed by atoms with Gasteiger partial charge in [-0.25, -0.2) is 0 Å². The van der Waals surface area contributed by atoms with Gasteiger partial charge in [0.25, 0.3) is 0 Å². The van der Waals surface area contributed by atoms with Crippen LogP contribution in [0.5, 0.6) is 5.75 Å². The van der Waals surface area contributed by atoms with E-state index >= 15 is 0 Å². The first-order valence-corrected chi connectivity index (χ1v) is 14.0. The average molecular weight is 523 g/mol. The zero-order valence-corrected chi connectivity index (χ0v) is 22.5. The van der Waals surface area contributed by atoms with Crippen molar-refractivity contribution in [2.45, 2.75) is 76.3 Å². The van der Waals surface area contributed by atoms with Gasteiger partial charge in [-0.1, -0.05) is 60.7 Å². The Morgan fingerprint density at radius 3 is 2.63 bits per heavy atom. The van der Waals surface area contributed by atoms with Gasteiger partial charge in [0.1, 0.15) is 12.4 Å². The number of aliphatic hydroxyl groups is 1. The number of esters is 1. The lowest BCUT2D eigenvalue weighted by Gasteiger charge is -2.30. The number of hydrogen-bond acceptors (Lipinski definition) is 6. The van der Waals surface area contributed by atoms with E-state index in [9.17, 15) is 9.90 Å². The fourth-order valence-corrected chi connectivity index (χ4v) is 5.81. The number of allylic oxidation sites excluding steroid dienone is 2. The van der Waals surface area contributed by atoms with Crippen molar-refractivity contribution in [1.29, 1.82) is 0 Å². The van der Waals surface area contributed by atoms with Crippen LogP contribution in [0.3, 0.4) is 0 Å². The quantitative estimate of drug-likeness (QED) is 0.192. The van der Waals surface area contributed by atoms with Gasteiger partial charge in [-0.2, -0.15) is 0 Å². The van der Waals surface area contributed by atoms with Crippen LogP contribution in [0.25, 0.3) is 0 Å². The van der Waals surface area contributed by atoms with Crippen molar-refractivity contribution in [3.05, 3.63) is 77.9 Å². The topological polar surface area (TPSA) is 74.2 Å². The van der Waals surface area contributed by atoms with E-state index in [4.69, 9.17) is 18.9 Å². The molecule has 1 N–H and O–H groups in total. The summed E-state index contributed by atoms with van der Waals surface area (Å²) in [6.45, 7) is 1.16. The van der Waals surface area contributed by atoms with Gasteiger partial charge in [0.05, 0.1) is 13.2 Å². The number of rotatable bonds is 13. The van der Waals surface area contributed by atoms with Crippen LogP contribution in [0, 0.1) is 11.8 Å². The lowest BCUT2D eigenvalue weighted by Crippen LogP contribution is -2.31. The minimum absolute atomic E-state index is 0.00257. The van der Waals surface area contributed by atoms with E-state index in [1.165, 1.54) is 0 Å². The number of ether oxygens (including phenoxy) is 4. The molecular weight excluding hydrogens is 480 g/mol. The summed E-state index contributed by atoms with van der Waals surface area (Å²) in [4.78, 5) is 12.1. The standard InChI is InChI=1S/C32H42O6/c1-35-29-17-10-9-16-25(29)27-21-30(38-32-19-11-12-20-36-32)26(28(27)22-33)15-7-2-3-8-18-31(34)37-23-24-13-5-4-6-14-24/h2,4-7,9-10,13-14,16-17,26-28,30,32-33H,3,8,11-12,15,18-23H2,1H3/b7-2-/t26-,27+,28+,30-,32?/m0/s1. The fraction of sp³-hybridized carbons (Fsp3) is 0.531.